The van der Waals surface area contributed by atoms with Crippen molar-refractivity contribution >= 4 is 29.3 Å². The van der Waals surface area contributed by atoms with Crippen molar-refractivity contribution in [3.8, 4) is 11.1 Å². The molecule has 0 fully saturated rings. The second kappa shape index (κ2) is 11.0. The fraction of sp³-hybridized carbons (Fsp3) is 0.444. The van der Waals surface area contributed by atoms with E-state index in [-0.39, 0.29) is 25.0 Å². The molecule has 6 nitrogen and oxygen atoms in total. The average Bonchev–Trinajstić information content (AvgIpc) is 3.08. The van der Waals surface area contributed by atoms with Crippen molar-refractivity contribution in [3.63, 3.8) is 0 Å². The van der Waals surface area contributed by atoms with Crippen molar-refractivity contribution < 1.29 is 19.1 Å². The molecule has 182 valence electrons. The predicted octanol–water partition coefficient (Wildman–Crippen LogP) is 5.20. The highest BCUT2D eigenvalue weighted by Gasteiger charge is 2.29. The van der Waals surface area contributed by atoms with E-state index >= 15 is 0 Å². The van der Waals surface area contributed by atoms with Crippen LogP contribution in [-0.2, 0) is 14.3 Å². The van der Waals surface area contributed by atoms with E-state index in [9.17, 15) is 9.59 Å². The average molecular weight is 483 g/mol. The Morgan fingerprint density at radius 3 is 2.09 bits per heavy atom. The molecular weight excluding hydrogens is 448 g/mol. The Morgan fingerprint density at radius 1 is 1.00 bits per heavy atom. The number of ether oxygens (including phenoxy) is 2. The Morgan fingerprint density at radius 2 is 1.56 bits per heavy atom. The minimum absolute atomic E-state index is 0.0149. The van der Waals surface area contributed by atoms with Gasteiger partial charge in [0.05, 0.1) is 11.0 Å². The van der Waals surface area contributed by atoms with Crippen LogP contribution in [0.2, 0.25) is 0 Å². The SMILES string of the molecule is CC(C)C[C@H](NC(=O)OCC1c2ccccc2-c2ccccc21)C(=S)NCC(=O)OC(C)(C)C. The Balaban J connectivity index is 1.60. The molecule has 0 spiro atoms. The van der Waals surface area contributed by atoms with E-state index in [4.69, 9.17) is 21.7 Å². The summed E-state index contributed by atoms with van der Waals surface area (Å²) in [5.41, 5.74) is 4.10. The van der Waals surface area contributed by atoms with E-state index < -0.39 is 23.7 Å². The van der Waals surface area contributed by atoms with E-state index in [2.05, 4.69) is 34.9 Å². The number of rotatable bonds is 8. The quantitative estimate of drug-likeness (QED) is 0.398. The van der Waals surface area contributed by atoms with Gasteiger partial charge in [0.1, 0.15) is 18.8 Å². The fourth-order valence-corrected chi connectivity index (χ4v) is 4.37. The monoisotopic (exact) mass is 482 g/mol. The molecule has 7 heteroatoms. The smallest absolute Gasteiger partial charge is 0.407 e. The van der Waals surface area contributed by atoms with Gasteiger partial charge < -0.3 is 20.1 Å². The van der Waals surface area contributed by atoms with E-state index in [1.807, 2.05) is 58.9 Å². The van der Waals surface area contributed by atoms with Gasteiger partial charge in [0.2, 0.25) is 0 Å². The lowest BCUT2D eigenvalue weighted by Crippen LogP contribution is -2.48. The minimum Gasteiger partial charge on any atom is -0.459 e. The summed E-state index contributed by atoms with van der Waals surface area (Å²) < 4.78 is 11.0. The molecule has 0 aromatic heterocycles. The number of hydrogen-bond donors (Lipinski definition) is 2. The van der Waals surface area contributed by atoms with Gasteiger partial charge in [-0.1, -0.05) is 74.6 Å². The molecule has 2 aromatic rings. The summed E-state index contributed by atoms with van der Waals surface area (Å²) in [6, 6.07) is 16.0. The molecule has 2 aromatic carbocycles. The van der Waals surface area contributed by atoms with Gasteiger partial charge in [-0.3, -0.25) is 4.79 Å². The summed E-state index contributed by atoms with van der Waals surface area (Å²) in [5.74, 6) is -0.140. The second-order valence-electron chi connectivity index (χ2n) is 9.96. The minimum atomic E-state index is -0.572. The van der Waals surface area contributed by atoms with Crippen LogP contribution in [0.4, 0.5) is 4.79 Å². The summed E-state index contributed by atoms with van der Waals surface area (Å²) in [5, 5.41) is 5.80. The van der Waals surface area contributed by atoms with Gasteiger partial charge in [0, 0.05) is 5.92 Å². The third kappa shape index (κ3) is 6.79. The highest BCUT2D eigenvalue weighted by atomic mass is 32.1. The maximum atomic E-state index is 12.7. The maximum absolute atomic E-state index is 12.7. The van der Waals surface area contributed by atoms with Crippen molar-refractivity contribution in [3.05, 3.63) is 59.7 Å². The lowest BCUT2D eigenvalue weighted by Gasteiger charge is -2.24. The van der Waals surface area contributed by atoms with Gasteiger partial charge in [-0.15, -0.1) is 0 Å². The van der Waals surface area contributed by atoms with Gasteiger partial charge in [0.15, 0.2) is 0 Å². The van der Waals surface area contributed by atoms with Gasteiger partial charge in [-0.25, -0.2) is 4.79 Å². The number of benzene rings is 2. The Hall–Kier alpha value is -2.93. The number of hydrogen-bond acceptors (Lipinski definition) is 5. The molecule has 0 unspecified atom stereocenters. The van der Waals surface area contributed by atoms with Crippen LogP contribution < -0.4 is 10.6 Å². The molecule has 0 heterocycles. The molecule has 1 atom stereocenters. The van der Waals surface area contributed by atoms with Crippen LogP contribution in [0.1, 0.15) is 58.1 Å². The zero-order chi connectivity index (χ0) is 24.9. The summed E-state index contributed by atoms with van der Waals surface area (Å²) in [6.07, 6.45) is 0.0820. The lowest BCUT2D eigenvalue weighted by atomic mass is 9.98. The molecule has 2 N–H and O–H groups in total. The number of nitrogens with one attached hydrogen (secondary N) is 2. The highest BCUT2D eigenvalue weighted by molar-refractivity contribution is 7.80. The summed E-state index contributed by atoms with van der Waals surface area (Å²) in [6.45, 7) is 9.69. The molecule has 0 radical (unpaired) electrons. The molecular formula is C27H34N2O4S. The number of thiocarbonyl (C=S) groups is 1. The van der Waals surface area contributed by atoms with E-state index in [0.717, 1.165) is 11.1 Å². The second-order valence-corrected chi connectivity index (χ2v) is 10.4. The Bertz CT molecular complexity index is 999. The third-order valence-corrected chi connectivity index (χ3v) is 5.92. The number of carbonyl (C=O) groups is 2. The number of amides is 1. The molecule has 0 aliphatic heterocycles. The van der Waals surface area contributed by atoms with Crippen LogP contribution in [0, 0.1) is 5.92 Å². The van der Waals surface area contributed by atoms with Crippen LogP contribution in [0.15, 0.2) is 48.5 Å². The first-order valence-corrected chi connectivity index (χ1v) is 12.1. The van der Waals surface area contributed by atoms with Gasteiger partial charge >= 0.3 is 12.1 Å². The van der Waals surface area contributed by atoms with Crippen molar-refractivity contribution in [1.29, 1.82) is 0 Å². The zero-order valence-electron chi connectivity index (χ0n) is 20.5. The molecule has 1 amide bonds. The van der Waals surface area contributed by atoms with Gasteiger partial charge in [0.25, 0.3) is 0 Å². The van der Waals surface area contributed by atoms with E-state index in [0.29, 0.717) is 11.4 Å². The topological polar surface area (TPSA) is 76.7 Å². The molecule has 0 saturated heterocycles. The largest absolute Gasteiger partial charge is 0.459 e. The number of esters is 1. The fourth-order valence-electron chi connectivity index (χ4n) is 4.15. The normalized spacial score (nSPS) is 13.6. The first kappa shape index (κ1) is 25.7. The van der Waals surface area contributed by atoms with Crippen LogP contribution in [0.5, 0.6) is 0 Å². The van der Waals surface area contributed by atoms with Crippen molar-refractivity contribution in [1.82, 2.24) is 10.6 Å². The summed E-state index contributed by atoms with van der Waals surface area (Å²) >= 11 is 5.48. The predicted molar refractivity (Wildman–Crippen MR) is 138 cm³/mol. The first-order valence-electron chi connectivity index (χ1n) is 11.7. The molecule has 3 rings (SSSR count). The lowest BCUT2D eigenvalue weighted by molar-refractivity contribution is -0.153. The Kier molecular flexibility index (Phi) is 8.31. The molecule has 0 bridgehead atoms. The van der Waals surface area contributed by atoms with Crippen LogP contribution in [0.25, 0.3) is 11.1 Å². The van der Waals surface area contributed by atoms with Gasteiger partial charge in [-0.05, 0) is 55.4 Å². The summed E-state index contributed by atoms with van der Waals surface area (Å²) in [7, 11) is 0. The van der Waals surface area contributed by atoms with Crippen molar-refractivity contribution in [2.24, 2.45) is 5.92 Å². The molecule has 1 aliphatic carbocycles. The van der Waals surface area contributed by atoms with E-state index in [1.165, 1.54) is 11.1 Å². The molecule has 0 saturated carbocycles. The molecule has 34 heavy (non-hydrogen) atoms. The number of alkyl carbamates (subject to hydrolysis) is 1. The zero-order valence-corrected chi connectivity index (χ0v) is 21.3. The maximum Gasteiger partial charge on any atom is 0.407 e. The van der Waals surface area contributed by atoms with Crippen molar-refractivity contribution in [2.45, 2.75) is 58.6 Å². The van der Waals surface area contributed by atoms with Crippen LogP contribution in [0.3, 0.4) is 0 Å². The number of fused-ring (bicyclic) bond motifs is 3. The van der Waals surface area contributed by atoms with Crippen LogP contribution in [-0.4, -0.2) is 41.8 Å². The van der Waals surface area contributed by atoms with Gasteiger partial charge in [-0.2, -0.15) is 0 Å². The first-order chi connectivity index (χ1) is 16.0. The standard InChI is InChI=1S/C27H34N2O4S/c1-17(2)14-23(25(34)28-15-24(30)33-27(3,4)5)29-26(31)32-16-22-20-12-8-6-10-18(20)19-11-7-9-13-21(19)22/h6-13,17,22-23H,14-16H2,1-5H3,(H,28,34)(H,29,31)/t23-/m0/s1. The number of carbonyl (C=O) groups excluding carboxylic acids is 2. The van der Waals surface area contributed by atoms with Crippen LogP contribution >= 0.6 is 12.2 Å². The highest BCUT2D eigenvalue weighted by Crippen LogP contribution is 2.44. The molecule has 1 aliphatic rings. The third-order valence-electron chi connectivity index (χ3n) is 5.49. The Labute approximate surface area is 207 Å². The van der Waals surface area contributed by atoms with Crippen molar-refractivity contribution in [2.75, 3.05) is 13.2 Å². The van der Waals surface area contributed by atoms with E-state index in [1.54, 1.807) is 0 Å². The summed E-state index contributed by atoms with van der Waals surface area (Å²) in [4.78, 5) is 25.1.